The molecule has 0 N–H and O–H groups in total. The van der Waals surface area contributed by atoms with Gasteiger partial charge in [-0.1, -0.05) is 0 Å². The third-order valence-corrected chi connectivity index (χ3v) is 4.83. The van der Waals surface area contributed by atoms with Crippen molar-refractivity contribution >= 4 is 39.2 Å². The number of thioether (sulfide) groups is 1. The third kappa shape index (κ3) is 8.96. The second kappa shape index (κ2) is 4.76. The molecular formula is C7H16SSeSi. The van der Waals surface area contributed by atoms with Gasteiger partial charge >= 0.3 is 77.5 Å². The molecule has 0 heterocycles. The fraction of sp³-hybridized carbons (Fsp3) is 0.857. The zero-order valence-corrected chi connectivity index (χ0v) is 10.8. The van der Waals surface area contributed by atoms with Crippen molar-refractivity contribution in [3.8, 4) is 0 Å². The summed E-state index contributed by atoms with van der Waals surface area (Å²) in [7, 11) is -0.772. The standard InChI is InChI=1S/C7H16SSeSi/c1-7(9)8-5-6-10(2,3)4/h5-6H2,1-4H3. The Labute approximate surface area is 77.5 Å². The zero-order chi connectivity index (χ0) is 8.20. The molecule has 0 radical (unpaired) electrons. The quantitative estimate of drug-likeness (QED) is 0.679. The molecule has 0 aromatic carbocycles. The molecule has 0 aliphatic heterocycles. The van der Waals surface area contributed by atoms with Crippen molar-refractivity contribution in [2.75, 3.05) is 5.75 Å². The minimum atomic E-state index is -0.772. The van der Waals surface area contributed by atoms with E-state index < -0.39 is 8.07 Å². The van der Waals surface area contributed by atoms with Crippen LogP contribution in [0.5, 0.6) is 0 Å². The summed E-state index contributed by atoms with van der Waals surface area (Å²) in [6.45, 7) is 9.39. The van der Waals surface area contributed by atoms with Crippen LogP contribution in [-0.4, -0.2) is 33.2 Å². The minimum absolute atomic E-state index is 0.772. The van der Waals surface area contributed by atoms with Crippen LogP contribution in [0.4, 0.5) is 0 Å². The molecule has 60 valence electrons. The Balaban J connectivity index is 3.29. The maximum absolute atomic E-state index is 3.02. The van der Waals surface area contributed by atoms with Crippen molar-refractivity contribution in [2.45, 2.75) is 32.6 Å². The molecule has 10 heavy (non-hydrogen) atoms. The fourth-order valence-corrected chi connectivity index (χ4v) is 4.17. The van der Waals surface area contributed by atoms with Gasteiger partial charge in [-0.2, -0.15) is 0 Å². The number of hydrogen-bond acceptors (Lipinski definition) is 1. The molecule has 0 aromatic rings. The van der Waals surface area contributed by atoms with Gasteiger partial charge in [0.25, 0.3) is 0 Å². The molecule has 0 saturated carbocycles. The van der Waals surface area contributed by atoms with E-state index in [2.05, 4.69) is 42.1 Å². The van der Waals surface area contributed by atoms with Gasteiger partial charge in [0, 0.05) is 0 Å². The molecule has 0 aromatic heterocycles. The summed E-state index contributed by atoms with van der Waals surface area (Å²) in [6, 6.07) is 1.43. The molecule has 0 aliphatic carbocycles. The van der Waals surface area contributed by atoms with E-state index in [0.29, 0.717) is 0 Å². The summed E-state index contributed by atoms with van der Waals surface area (Å²) >= 11 is 4.98. The van der Waals surface area contributed by atoms with Gasteiger partial charge in [0.15, 0.2) is 0 Å². The van der Waals surface area contributed by atoms with Gasteiger partial charge in [-0.3, -0.25) is 0 Å². The first-order valence-corrected chi connectivity index (χ1v) is 9.10. The third-order valence-electron chi connectivity index (χ3n) is 1.16. The number of hydrogen-bond donors (Lipinski definition) is 0. The molecule has 0 rings (SSSR count). The second-order valence-corrected chi connectivity index (χ2v) is 12.4. The maximum atomic E-state index is 3.02. The molecule has 3 heteroatoms. The zero-order valence-electron chi connectivity index (χ0n) is 7.23. The van der Waals surface area contributed by atoms with Crippen LogP contribution < -0.4 is 0 Å². The average Bonchev–Trinajstić information content (AvgIpc) is 1.59. The molecule has 0 bridgehead atoms. The molecule has 0 spiro atoms. The average molecular weight is 239 g/mol. The van der Waals surface area contributed by atoms with Gasteiger partial charge < -0.3 is 0 Å². The van der Waals surface area contributed by atoms with E-state index in [1.54, 1.807) is 0 Å². The summed E-state index contributed by atoms with van der Waals surface area (Å²) < 4.78 is 1.37. The predicted molar refractivity (Wildman–Crippen MR) is 57.0 cm³/mol. The Morgan fingerprint density at radius 2 is 1.90 bits per heavy atom. The Kier molecular flexibility index (Phi) is 5.21. The van der Waals surface area contributed by atoms with Crippen LogP contribution in [0.25, 0.3) is 0 Å². The SMILES string of the molecule is CC(=[Se])SCC[Si](C)(C)C. The van der Waals surface area contributed by atoms with Crippen molar-refractivity contribution < 1.29 is 0 Å². The normalized spacial score (nSPS) is 11.6. The van der Waals surface area contributed by atoms with E-state index >= 15 is 0 Å². The molecule has 0 atom stereocenters. The van der Waals surface area contributed by atoms with Gasteiger partial charge in [0.1, 0.15) is 0 Å². The van der Waals surface area contributed by atoms with Crippen LogP contribution in [0.15, 0.2) is 0 Å². The predicted octanol–water partition coefficient (Wildman–Crippen LogP) is 2.38. The van der Waals surface area contributed by atoms with Crippen molar-refractivity contribution in [1.82, 2.24) is 0 Å². The van der Waals surface area contributed by atoms with E-state index in [0.717, 1.165) is 0 Å². The summed E-state index contributed by atoms with van der Waals surface area (Å²) in [5.74, 6) is 1.30. The van der Waals surface area contributed by atoms with Gasteiger partial charge in [0.2, 0.25) is 0 Å². The van der Waals surface area contributed by atoms with Crippen molar-refractivity contribution in [3.63, 3.8) is 0 Å². The van der Waals surface area contributed by atoms with Gasteiger partial charge in [0.05, 0.1) is 0 Å². The molecule has 0 aliphatic rings. The fourth-order valence-electron chi connectivity index (χ4n) is 0.501. The topological polar surface area (TPSA) is 0 Å². The van der Waals surface area contributed by atoms with E-state index in [4.69, 9.17) is 0 Å². The molecular weight excluding hydrogens is 223 g/mol. The summed E-state index contributed by atoms with van der Waals surface area (Å²) in [4.78, 5) is 0. The van der Waals surface area contributed by atoms with Crippen LogP contribution in [0.1, 0.15) is 6.92 Å². The van der Waals surface area contributed by atoms with Gasteiger partial charge in [-0.15, -0.1) is 0 Å². The van der Waals surface area contributed by atoms with E-state index in [1.165, 1.54) is 15.5 Å². The van der Waals surface area contributed by atoms with Crippen molar-refractivity contribution in [2.24, 2.45) is 0 Å². The molecule has 0 fully saturated rings. The van der Waals surface area contributed by atoms with Crippen LogP contribution in [0.2, 0.25) is 25.7 Å². The summed E-state index contributed by atoms with van der Waals surface area (Å²) in [5.41, 5.74) is 0. The Morgan fingerprint density at radius 3 is 2.20 bits per heavy atom. The van der Waals surface area contributed by atoms with E-state index in [-0.39, 0.29) is 0 Å². The first-order valence-electron chi connectivity index (χ1n) is 3.55. The number of rotatable bonds is 4. The second-order valence-electron chi connectivity index (χ2n) is 3.65. The Morgan fingerprint density at radius 1 is 1.40 bits per heavy atom. The van der Waals surface area contributed by atoms with Crippen molar-refractivity contribution in [1.29, 1.82) is 0 Å². The van der Waals surface area contributed by atoms with Crippen molar-refractivity contribution in [3.05, 3.63) is 0 Å². The molecule has 0 amide bonds. The molecule has 0 unspecified atom stereocenters. The van der Waals surface area contributed by atoms with Crippen LogP contribution in [-0.2, 0) is 0 Å². The van der Waals surface area contributed by atoms with Gasteiger partial charge in [-0.25, -0.2) is 0 Å². The van der Waals surface area contributed by atoms with E-state index in [1.807, 2.05) is 11.8 Å². The molecule has 0 nitrogen and oxygen atoms in total. The molecule has 0 saturated heterocycles. The van der Waals surface area contributed by atoms with E-state index in [9.17, 15) is 0 Å². The first-order chi connectivity index (χ1) is 4.42. The summed E-state index contributed by atoms with van der Waals surface area (Å²) in [6.07, 6.45) is 0. The van der Waals surface area contributed by atoms with Crippen LogP contribution in [0.3, 0.4) is 0 Å². The van der Waals surface area contributed by atoms with Gasteiger partial charge in [-0.05, 0) is 0 Å². The first kappa shape index (κ1) is 11.0. The Hall–Kier alpha value is 0.956. The van der Waals surface area contributed by atoms with Crippen LogP contribution >= 0.6 is 11.8 Å². The monoisotopic (exact) mass is 240 g/mol. The summed E-state index contributed by atoms with van der Waals surface area (Å²) in [5, 5.41) is 0. The Bertz CT molecular complexity index is 117. The van der Waals surface area contributed by atoms with Crippen LogP contribution in [0, 0.1) is 0 Å².